The highest BCUT2D eigenvalue weighted by Gasteiger charge is 2.12. The van der Waals surface area contributed by atoms with Crippen LogP contribution in [0.4, 0.5) is 17.1 Å². The first-order valence-corrected chi connectivity index (χ1v) is 9.69. The lowest BCUT2D eigenvalue weighted by atomic mass is 10.1. The standard InChI is InChI=1S/C23H25N3O3/c1-16(23(29)25-20-7-5-18(6-8-20)17(2)27)15-22(28)24-19-9-11-21(12-10-19)26-13-3-4-14-26/h5-12,15H,3-4,13-14H2,1-2H3,(H,24,28)(H,25,29)/b16-15-. The van der Waals surface area contributed by atoms with Crippen molar-refractivity contribution in [3.63, 3.8) is 0 Å². The van der Waals surface area contributed by atoms with Crippen LogP contribution in [-0.4, -0.2) is 30.7 Å². The number of hydrogen-bond donors (Lipinski definition) is 2. The number of rotatable bonds is 6. The zero-order chi connectivity index (χ0) is 20.8. The Bertz CT molecular complexity index is 925. The Labute approximate surface area is 170 Å². The number of Topliss-reactive ketones (excluding diaryl/α,β-unsaturated/α-hetero) is 1. The maximum absolute atomic E-state index is 12.3. The lowest BCUT2D eigenvalue weighted by molar-refractivity contribution is -0.114. The van der Waals surface area contributed by atoms with Crippen LogP contribution in [-0.2, 0) is 9.59 Å². The van der Waals surface area contributed by atoms with Crippen LogP contribution in [0.15, 0.2) is 60.2 Å². The summed E-state index contributed by atoms with van der Waals surface area (Å²) in [7, 11) is 0. The van der Waals surface area contributed by atoms with E-state index < -0.39 is 0 Å². The van der Waals surface area contributed by atoms with Gasteiger partial charge in [0.25, 0.3) is 5.91 Å². The highest BCUT2D eigenvalue weighted by molar-refractivity contribution is 6.10. The summed E-state index contributed by atoms with van der Waals surface area (Å²) in [6.45, 7) is 5.20. The molecule has 0 aliphatic carbocycles. The van der Waals surface area contributed by atoms with Gasteiger partial charge in [0.05, 0.1) is 0 Å². The molecular formula is C23H25N3O3. The first kappa shape index (κ1) is 20.3. The van der Waals surface area contributed by atoms with Crippen LogP contribution >= 0.6 is 0 Å². The van der Waals surface area contributed by atoms with Crippen LogP contribution in [0.5, 0.6) is 0 Å². The molecule has 2 aromatic carbocycles. The highest BCUT2D eigenvalue weighted by atomic mass is 16.2. The Hall–Kier alpha value is -3.41. The second-order valence-electron chi connectivity index (χ2n) is 7.15. The van der Waals surface area contributed by atoms with E-state index in [4.69, 9.17) is 0 Å². The molecule has 1 aliphatic heterocycles. The molecule has 0 atom stereocenters. The van der Waals surface area contributed by atoms with Crippen molar-refractivity contribution in [2.75, 3.05) is 28.6 Å². The van der Waals surface area contributed by atoms with E-state index in [1.807, 2.05) is 24.3 Å². The van der Waals surface area contributed by atoms with Gasteiger partial charge in [0.1, 0.15) is 0 Å². The summed E-state index contributed by atoms with van der Waals surface area (Å²) < 4.78 is 0. The monoisotopic (exact) mass is 391 g/mol. The van der Waals surface area contributed by atoms with Gasteiger partial charge in [-0.2, -0.15) is 0 Å². The number of hydrogen-bond acceptors (Lipinski definition) is 4. The minimum absolute atomic E-state index is 0.0379. The third kappa shape index (κ3) is 5.54. The topological polar surface area (TPSA) is 78.5 Å². The molecule has 1 saturated heterocycles. The van der Waals surface area contributed by atoms with Gasteiger partial charge in [0, 0.05) is 47.4 Å². The first-order chi connectivity index (χ1) is 13.9. The summed E-state index contributed by atoms with van der Waals surface area (Å²) >= 11 is 0. The van der Waals surface area contributed by atoms with E-state index in [-0.39, 0.29) is 23.2 Å². The van der Waals surface area contributed by atoms with E-state index in [2.05, 4.69) is 15.5 Å². The highest BCUT2D eigenvalue weighted by Crippen LogP contribution is 2.22. The van der Waals surface area contributed by atoms with Gasteiger partial charge in [-0.3, -0.25) is 14.4 Å². The Morgan fingerprint density at radius 2 is 1.38 bits per heavy atom. The van der Waals surface area contributed by atoms with Crippen LogP contribution in [0.1, 0.15) is 37.0 Å². The fourth-order valence-electron chi connectivity index (χ4n) is 3.19. The second-order valence-corrected chi connectivity index (χ2v) is 7.15. The molecule has 150 valence electrons. The third-order valence-electron chi connectivity index (χ3n) is 4.86. The maximum atomic E-state index is 12.3. The predicted molar refractivity (Wildman–Crippen MR) is 115 cm³/mol. The van der Waals surface area contributed by atoms with Gasteiger partial charge < -0.3 is 15.5 Å². The average Bonchev–Trinajstić information content (AvgIpc) is 3.23. The number of carbonyl (C=O) groups is 3. The molecule has 6 nitrogen and oxygen atoms in total. The fourth-order valence-corrected chi connectivity index (χ4v) is 3.19. The lowest BCUT2D eigenvalue weighted by Gasteiger charge is -2.17. The van der Waals surface area contributed by atoms with Gasteiger partial charge >= 0.3 is 0 Å². The molecule has 6 heteroatoms. The Balaban J connectivity index is 1.56. The second kappa shape index (κ2) is 9.19. The zero-order valence-corrected chi connectivity index (χ0v) is 16.7. The lowest BCUT2D eigenvalue weighted by Crippen LogP contribution is -2.18. The Morgan fingerprint density at radius 3 is 1.97 bits per heavy atom. The molecule has 0 saturated carbocycles. The van der Waals surface area contributed by atoms with E-state index in [1.54, 1.807) is 31.2 Å². The van der Waals surface area contributed by atoms with Gasteiger partial charge in [-0.1, -0.05) is 0 Å². The summed E-state index contributed by atoms with van der Waals surface area (Å²) in [5, 5.41) is 5.49. The summed E-state index contributed by atoms with van der Waals surface area (Å²) in [5.74, 6) is -0.775. The van der Waals surface area contributed by atoms with E-state index in [9.17, 15) is 14.4 Å². The maximum Gasteiger partial charge on any atom is 0.251 e. The van der Waals surface area contributed by atoms with Gasteiger partial charge in [0.2, 0.25) is 5.91 Å². The number of anilines is 3. The van der Waals surface area contributed by atoms with E-state index >= 15 is 0 Å². The largest absolute Gasteiger partial charge is 0.372 e. The Kier molecular flexibility index (Phi) is 6.44. The molecule has 0 aromatic heterocycles. The molecule has 0 spiro atoms. The SMILES string of the molecule is CC(=O)c1ccc(NC(=O)/C(C)=C\C(=O)Nc2ccc(N3CCCC3)cc2)cc1. The summed E-state index contributed by atoms with van der Waals surface area (Å²) in [6.07, 6.45) is 3.70. The zero-order valence-electron chi connectivity index (χ0n) is 16.7. The molecular weight excluding hydrogens is 366 g/mol. The van der Waals surface area contributed by atoms with Crippen molar-refractivity contribution in [3.8, 4) is 0 Å². The van der Waals surface area contributed by atoms with E-state index in [0.717, 1.165) is 18.8 Å². The van der Waals surface area contributed by atoms with Crippen LogP contribution in [0, 0.1) is 0 Å². The molecule has 2 aromatic rings. The third-order valence-corrected chi connectivity index (χ3v) is 4.86. The fraction of sp³-hybridized carbons (Fsp3) is 0.261. The molecule has 0 bridgehead atoms. The Morgan fingerprint density at radius 1 is 0.828 bits per heavy atom. The molecule has 2 N–H and O–H groups in total. The van der Waals surface area contributed by atoms with Crippen LogP contribution in [0.2, 0.25) is 0 Å². The van der Waals surface area contributed by atoms with Crippen molar-refractivity contribution in [1.29, 1.82) is 0 Å². The minimum Gasteiger partial charge on any atom is -0.372 e. The van der Waals surface area contributed by atoms with Gasteiger partial charge in [0.15, 0.2) is 5.78 Å². The smallest absolute Gasteiger partial charge is 0.251 e. The van der Waals surface area contributed by atoms with Gasteiger partial charge in [-0.15, -0.1) is 0 Å². The number of ketones is 1. The average molecular weight is 391 g/mol. The van der Waals surface area contributed by atoms with Crippen molar-refractivity contribution in [3.05, 3.63) is 65.7 Å². The molecule has 1 aliphatic rings. The van der Waals surface area contributed by atoms with Crippen LogP contribution in [0.25, 0.3) is 0 Å². The number of carbonyl (C=O) groups excluding carboxylic acids is 3. The molecule has 0 radical (unpaired) electrons. The minimum atomic E-state index is -0.375. The molecule has 1 heterocycles. The molecule has 0 unspecified atom stereocenters. The van der Waals surface area contributed by atoms with Crippen LogP contribution in [0.3, 0.4) is 0 Å². The van der Waals surface area contributed by atoms with Crippen molar-refractivity contribution in [1.82, 2.24) is 0 Å². The predicted octanol–water partition coefficient (Wildman–Crippen LogP) is 4.01. The quantitative estimate of drug-likeness (QED) is 0.576. The first-order valence-electron chi connectivity index (χ1n) is 9.69. The normalized spacial score (nSPS) is 13.9. The van der Waals surface area contributed by atoms with Crippen molar-refractivity contribution in [2.24, 2.45) is 0 Å². The van der Waals surface area contributed by atoms with Crippen molar-refractivity contribution >= 4 is 34.7 Å². The molecule has 3 rings (SSSR count). The number of nitrogens with zero attached hydrogens (tertiary/aromatic N) is 1. The molecule has 1 fully saturated rings. The van der Waals surface area contributed by atoms with Gasteiger partial charge in [-0.25, -0.2) is 0 Å². The summed E-state index contributed by atoms with van der Waals surface area (Å²) in [4.78, 5) is 38.1. The van der Waals surface area contributed by atoms with Crippen molar-refractivity contribution < 1.29 is 14.4 Å². The van der Waals surface area contributed by atoms with Crippen molar-refractivity contribution in [2.45, 2.75) is 26.7 Å². The summed E-state index contributed by atoms with van der Waals surface area (Å²) in [5.41, 5.74) is 3.26. The van der Waals surface area contributed by atoms with Crippen LogP contribution < -0.4 is 15.5 Å². The van der Waals surface area contributed by atoms with Gasteiger partial charge in [-0.05, 0) is 75.2 Å². The molecule has 2 amide bonds. The number of amides is 2. The molecule has 29 heavy (non-hydrogen) atoms. The summed E-state index contributed by atoms with van der Waals surface area (Å²) in [6, 6.07) is 14.3. The van der Waals surface area contributed by atoms with E-state index in [0.29, 0.717) is 16.9 Å². The number of benzene rings is 2. The van der Waals surface area contributed by atoms with E-state index in [1.165, 1.54) is 25.8 Å². The number of nitrogens with one attached hydrogen (secondary N) is 2.